The van der Waals surface area contributed by atoms with Crippen LogP contribution in [0.3, 0.4) is 0 Å². The van der Waals surface area contributed by atoms with E-state index in [4.69, 9.17) is 26.8 Å². The highest BCUT2D eigenvalue weighted by Crippen LogP contribution is 2.33. The molecule has 27 heavy (non-hydrogen) atoms. The van der Waals surface area contributed by atoms with Crippen LogP contribution in [-0.4, -0.2) is 29.4 Å². The molecule has 11 heteroatoms. The van der Waals surface area contributed by atoms with Crippen LogP contribution in [0, 0.1) is 10.1 Å². The van der Waals surface area contributed by atoms with Crippen molar-refractivity contribution in [3.8, 4) is 11.5 Å². The Hall–Kier alpha value is -3.66. The van der Waals surface area contributed by atoms with Gasteiger partial charge >= 0.3 is 17.7 Å². The van der Waals surface area contributed by atoms with Gasteiger partial charge in [0.05, 0.1) is 10.5 Å². The lowest BCUT2D eigenvalue weighted by Crippen LogP contribution is -2.37. The van der Waals surface area contributed by atoms with Crippen LogP contribution < -0.4 is 15.8 Å². The van der Waals surface area contributed by atoms with E-state index in [1.165, 1.54) is 36.4 Å². The topological polar surface area (TPSA) is 151 Å². The maximum atomic E-state index is 11.8. The third-order valence-electron chi connectivity index (χ3n) is 3.03. The molecule has 140 valence electrons. The molecule has 0 aromatic heterocycles. The van der Waals surface area contributed by atoms with Crippen molar-refractivity contribution in [2.24, 2.45) is 5.73 Å². The Kier molecular flexibility index (Phi) is 6.28. The minimum absolute atomic E-state index is 0.0251. The molecular formula is C16H12ClN3O7. The molecule has 3 amide bonds. The summed E-state index contributed by atoms with van der Waals surface area (Å²) in [5.74, 6) is -1.49. The van der Waals surface area contributed by atoms with Crippen LogP contribution in [0.15, 0.2) is 42.5 Å². The number of amides is 3. The Bertz CT molecular complexity index is 899. The molecule has 3 N–H and O–H groups in total. The van der Waals surface area contributed by atoms with E-state index >= 15 is 0 Å². The minimum atomic E-state index is -1.06. The van der Waals surface area contributed by atoms with Crippen LogP contribution in [0.2, 0.25) is 5.02 Å². The van der Waals surface area contributed by atoms with Crippen molar-refractivity contribution in [3.05, 3.63) is 63.2 Å². The Morgan fingerprint density at radius 2 is 1.81 bits per heavy atom. The van der Waals surface area contributed by atoms with Crippen molar-refractivity contribution in [1.82, 2.24) is 5.32 Å². The summed E-state index contributed by atoms with van der Waals surface area (Å²) in [5.41, 5.74) is 4.54. The zero-order chi connectivity index (χ0) is 20.0. The lowest BCUT2D eigenvalue weighted by molar-refractivity contribution is -0.385. The van der Waals surface area contributed by atoms with Gasteiger partial charge in [-0.15, -0.1) is 0 Å². The third-order valence-corrected chi connectivity index (χ3v) is 3.27. The van der Waals surface area contributed by atoms with Crippen molar-refractivity contribution < 1.29 is 28.8 Å². The molecule has 10 nitrogen and oxygen atoms in total. The molecule has 0 radical (unpaired) electrons. The summed E-state index contributed by atoms with van der Waals surface area (Å²) in [5, 5.41) is 13.0. The summed E-state index contributed by atoms with van der Waals surface area (Å²) in [6, 6.07) is 8.33. The number of carbonyl (C=O) groups is 3. The average Bonchev–Trinajstić information content (AvgIpc) is 2.61. The number of ether oxygens (including phenoxy) is 2. The molecule has 0 aliphatic carbocycles. The first-order valence-electron chi connectivity index (χ1n) is 7.24. The standard InChI is InChI=1S/C16H12ClN3O7/c17-10-3-6-13(12(7-10)20(24)25)27-11-4-1-9(2-5-11)15(22)26-8-14(21)19-16(18)23/h1-7H,8H2,(H3,18,19,21,23). The SMILES string of the molecule is NC(=O)NC(=O)COC(=O)c1ccc(Oc2ccc(Cl)cc2[N+](=O)[O-])cc1. The second kappa shape index (κ2) is 8.63. The number of rotatable bonds is 6. The number of nitrogens with two attached hydrogens (primary N) is 1. The Labute approximate surface area is 157 Å². The number of halogens is 1. The summed E-state index contributed by atoms with van der Waals surface area (Å²) in [6.45, 7) is -0.684. The number of hydrogen-bond donors (Lipinski definition) is 2. The van der Waals surface area contributed by atoms with Crippen LogP contribution in [0.25, 0.3) is 0 Å². The minimum Gasteiger partial charge on any atom is -0.452 e. The fourth-order valence-electron chi connectivity index (χ4n) is 1.89. The number of primary amides is 1. The van der Waals surface area contributed by atoms with Gasteiger partial charge < -0.3 is 15.2 Å². The van der Waals surface area contributed by atoms with Crippen LogP contribution in [-0.2, 0) is 9.53 Å². The number of esters is 1. The molecule has 0 atom stereocenters. The quantitative estimate of drug-likeness (QED) is 0.434. The summed E-state index contributed by atoms with van der Waals surface area (Å²) < 4.78 is 10.1. The third kappa shape index (κ3) is 5.68. The van der Waals surface area contributed by atoms with Gasteiger partial charge in [0.2, 0.25) is 5.75 Å². The normalized spacial score (nSPS) is 9.96. The summed E-state index contributed by atoms with van der Waals surface area (Å²) in [6.07, 6.45) is 0. The lowest BCUT2D eigenvalue weighted by Gasteiger charge is -2.08. The Morgan fingerprint density at radius 3 is 2.41 bits per heavy atom. The molecular weight excluding hydrogens is 382 g/mol. The van der Waals surface area contributed by atoms with Gasteiger partial charge in [-0.2, -0.15) is 0 Å². The monoisotopic (exact) mass is 393 g/mol. The highest BCUT2D eigenvalue weighted by atomic mass is 35.5. The zero-order valence-electron chi connectivity index (χ0n) is 13.5. The van der Waals surface area contributed by atoms with E-state index in [1.54, 1.807) is 5.32 Å². The van der Waals surface area contributed by atoms with E-state index in [-0.39, 0.29) is 27.8 Å². The molecule has 0 unspecified atom stereocenters. The van der Waals surface area contributed by atoms with Crippen molar-refractivity contribution in [2.75, 3.05) is 6.61 Å². The second-order valence-corrected chi connectivity index (χ2v) is 5.42. The smallest absolute Gasteiger partial charge is 0.338 e. The number of imide groups is 1. The highest BCUT2D eigenvalue weighted by Gasteiger charge is 2.17. The predicted octanol–water partition coefficient (Wildman–Crippen LogP) is 2.39. The van der Waals surface area contributed by atoms with Crippen molar-refractivity contribution >= 4 is 35.2 Å². The summed E-state index contributed by atoms with van der Waals surface area (Å²) in [4.78, 5) is 43.9. The van der Waals surface area contributed by atoms with Gasteiger partial charge in [-0.3, -0.25) is 20.2 Å². The van der Waals surface area contributed by atoms with E-state index in [0.29, 0.717) is 0 Å². The van der Waals surface area contributed by atoms with Gasteiger partial charge in [0.1, 0.15) is 5.75 Å². The predicted molar refractivity (Wildman–Crippen MR) is 92.6 cm³/mol. The van der Waals surface area contributed by atoms with E-state index < -0.39 is 29.4 Å². The number of benzene rings is 2. The van der Waals surface area contributed by atoms with Crippen LogP contribution >= 0.6 is 11.6 Å². The molecule has 0 saturated heterocycles. The van der Waals surface area contributed by atoms with Crippen LogP contribution in [0.5, 0.6) is 11.5 Å². The maximum Gasteiger partial charge on any atom is 0.338 e. The average molecular weight is 394 g/mol. The number of urea groups is 1. The first kappa shape index (κ1) is 19.7. The molecule has 0 heterocycles. The van der Waals surface area contributed by atoms with Crippen LogP contribution in [0.4, 0.5) is 10.5 Å². The summed E-state index contributed by atoms with van der Waals surface area (Å²) in [7, 11) is 0. The first-order chi connectivity index (χ1) is 12.8. The fourth-order valence-corrected chi connectivity index (χ4v) is 2.06. The zero-order valence-corrected chi connectivity index (χ0v) is 14.3. The van der Waals surface area contributed by atoms with Crippen LogP contribution in [0.1, 0.15) is 10.4 Å². The van der Waals surface area contributed by atoms with Gasteiger partial charge in [0, 0.05) is 11.1 Å². The number of nitro groups is 1. The van der Waals surface area contributed by atoms with Crippen molar-refractivity contribution in [3.63, 3.8) is 0 Å². The molecule has 0 bridgehead atoms. The van der Waals surface area contributed by atoms with Gasteiger partial charge in [0.15, 0.2) is 6.61 Å². The van der Waals surface area contributed by atoms with E-state index in [2.05, 4.69) is 0 Å². The number of hydrogen-bond acceptors (Lipinski definition) is 7. The number of nitrogens with one attached hydrogen (secondary N) is 1. The maximum absolute atomic E-state index is 11.8. The fraction of sp³-hybridized carbons (Fsp3) is 0.0625. The van der Waals surface area contributed by atoms with E-state index in [1.807, 2.05) is 0 Å². The van der Waals surface area contributed by atoms with Gasteiger partial charge in [-0.25, -0.2) is 9.59 Å². The molecule has 0 spiro atoms. The van der Waals surface area contributed by atoms with Gasteiger partial charge in [-0.05, 0) is 36.4 Å². The van der Waals surface area contributed by atoms with E-state index in [0.717, 1.165) is 6.07 Å². The van der Waals surface area contributed by atoms with Gasteiger partial charge in [0.25, 0.3) is 5.91 Å². The Balaban J connectivity index is 2.03. The number of nitrogens with zero attached hydrogens (tertiary/aromatic N) is 1. The lowest BCUT2D eigenvalue weighted by atomic mass is 10.2. The molecule has 2 aromatic carbocycles. The molecule has 2 aromatic rings. The largest absolute Gasteiger partial charge is 0.452 e. The molecule has 0 fully saturated rings. The van der Waals surface area contributed by atoms with E-state index in [9.17, 15) is 24.5 Å². The number of carbonyl (C=O) groups excluding carboxylic acids is 3. The summed E-state index contributed by atoms with van der Waals surface area (Å²) >= 11 is 5.73. The highest BCUT2D eigenvalue weighted by molar-refractivity contribution is 6.30. The number of nitro benzene ring substituents is 1. The molecule has 2 rings (SSSR count). The Morgan fingerprint density at radius 1 is 1.15 bits per heavy atom. The molecule has 0 aliphatic rings. The molecule has 0 aliphatic heterocycles. The first-order valence-corrected chi connectivity index (χ1v) is 7.62. The van der Waals surface area contributed by atoms with Crippen molar-refractivity contribution in [2.45, 2.75) is 0 Å². The molecule has 0 saturated carbocycles. The van der Waals surface area contributed by atoms with Gasteiger partial charge in [-0.1, -0.05) is 11.6 Å². The van der Waals surface area contributed by atoms with Crippen molar-refractivity contribution in [1.29, 1.82) is 0 Å². The second-order valence-electron chi connectivity index (χ2n) is 4.98.